The molecule has 2 rings (SSSR count). The lowest BCUT2D eigenvalue weighted by Gasteiger charge is -2.10. The average molecular weight is 349 g/mol. The van der Waals surface area contributed by atoms with Gasteiger partial charge >= 0.3 is 12.0 Å². The van der Waals surface area contributed by atoms with Crippen LogP contribution in [-0.4, -0.2) is 17.1 Å². The highest BCUT2D eigenvalue weighted by Gasteiger charge is 2.08. The van der Waals surface area contributed by atoms with Crippen molar-refractivity contribution >= 4 is 39.3 Å². The molecule has 0 spiro atoms. The molecular formula is C15H13BrN2O3. The molecule has 0 atom stereocenters. The van der Waals surface area contributed by atoms with Gasteiger partial charge in [0.2, 0.25) is 0 Å². The van der Waals surface area contributed by atoms with Crippen LogP contribution in [0.25, 0.3) is 0 Å². The molecule has 0 saturated carbocycles. The Hall–Kier alpha value is -2.34. The Kier molecular flexibility index (Phi) is 4.59. The van der Waals surface area contributed by atoms with Gasteiger partial charge in [-0.3, -0.25) is 0 Å². The summed E-state index contributed by atoms with van der Waals surface area (Å²) in [5.74, 6) is -1.04. The Morgan fingerprint density at radius 3 is 2.52 bits per heavy atom. The summed E-state index contributed by atoms with van der Waals surface area (Å²) < 4.78 is 0.805. The van der Waals surface area contributed by atoms with Crippen molar-refractivity contribution in [3.63, 3.8) is 0 Å². The van der Waals surface area contributed by atoms with Crippen LogP contribution in [0.4, 0.5) is 16.2 Å². The fourth-order valence-electron chi connectivity index (χ4n) is 1.76. The van der Waals surface area contributed by atoms with Crippen molar-refractivity contribution < 1.29 is 14.7 Å². The summed E-state index contributed by atoms with van der Waals surface area (Å²) in [6, 6.07) is 11.1. The van der Waals surface area contributed by atoms with Crippen molar-refractivity contribution in [2.45, 2.75) is 6.92 Å². The van der Waals surface area contributed by atoms with Crippen LogP contribution in [0, 0.1) is 6.92 Å². The lowest BCUT2D eigenvalue weighted by molar-refractivity contribution is 0.0697. The first-order chi connectivity index (χ1) is 9.97. The van der Waals surface area contributed by atoms with E-state index in [1.165, 1.54) is 12.1 Å². The number of carboxylic acid groups (broad SMARTS) is 1. The maximum Gasteiger partial charge on any atom is 0.335 e. The number of nitrogens with one attached hydrogen (secondary N) is 2. The molecule has 0 fully saturated rings. The molecule has 2 amide bonds. The van der Waals surface area contributed by atoms with Gasteiger partial charge in [0.05, 0.1) is 11.3 Å². The van der Waals surface area contributed by atoms with Gasteiger partial charge in [-0.2, -0.15) is 0 Å². The quantitative estimate of drug-likeness (QED) is 0.781. The summed E-state index contributed by atoms with van der Waals surface area (Å²) in [4.78, 5) is 22.8. The highest BCUT2D eigenvalue weighted by molar-refractivity contribution is 9.10. The predicted molar refractivity (Wildman–Crippen MR) is 84.9 cm³/mol. The summed E-state index contributed by atoms with van der Waals surface area (Å²) in [6.07, 6.45) is 0. The molecule has 5 nitrogen and oxygen atoms in total. The highest BCUT2D eigenvalue weighted by atomic mass is 79.9. The number of anilines is 2. The van der Waals surface area contributed by atoms with Crippen LogP contribution in [0.1, 0.15) is 15.9 Å². The normalized spacial score (nSPS) is 10.0. The molecule has 0 saturated heterocycles. The summed E-state index contributed by atoms with van der Waals surface area (Å²) in [5, 5.41) is 14.2. The average Bonchev–Trinajstić information content (AvgIpc) is 2.44. The Balaban J connectivity index is 2.10. The number of hydrogen-bond acceptors (Lipinski definition) is 2. The third-order valence-electron chi connectivity index (χ3n) is 2.81. The first-order valence-corrected chi connectivity index (χ1v) is 6.93. The van der Waals surface area contributed by atoms with E-state index in [1.54, 1.807) is 18.2 Å². The standard InChI is InChI=1S/C15H13BrN2O3/c1-9-4-2-7-12(13(9)16)18-15(21)17-11-6-3-5-10(8-11)14(19)20/h2-8H,1H3,(H,19,20)(H2,17,18,21). The predicted octanol–water partition coefficient (Wildman–Crippen LogP) is 4.10. The molecule has 0 aromatic heterocycles. The minimum Gasteiger partial charge on any atom is -0.478 e. The van der Waals surface area contributed by atoms with Gasteiger partial charge in [0.15, 0.2) is 0 Å². The number of carbonyl (C=O) groups is 2. The van der Waals surface area contributed by atoms with Crippen molar-refractivity contribution in [2.24, 2.45) is 0 Å². The SMILES string of the molecule is Cc1cccc(NC(=O)Nc2cccc(C(=O)O)c2)c1Br. The molecule has 21 heavy (non-hydrogen) atoms. The topological polar surface area (TPSA) is 78.4 Å². The van der Waals surface area contributed by atoms with E-state index in [0.29, 0.717) is 11.4 Å². The second-order valence-corrected chi connectivity index (χ2v) is 5.19. The third-order valence-corrected chi connectivity index (χ3v) is 3.86. The zero-order valence-corrected chi connectivity index (χ0v) is 12.8. The van der Waals surface area contributed by atoms with Gasteiger partial charge in [0.25, 0.3) is 0 Å². The lowest BCUT2D eigenvalue weighted by Crippen LogP contribution is -2.20. The molecule has 108 valence electrons. The Morgan fingerprint density at radius 2 is 1.81 bits per heavy atom. The number of hydrogen-bond donors (Lipinski definition) is 3. The molecule has 0 unspecified atom stereocenters. The zero-order chi connectivity index (χ0) is 15.4. The molecular weight excluding hydrogens is 336 g/mol. The molecule has 0 aliphatic rings. The summed E-state index contributed by atoms with van der Waals surface area (Å²) in [6.45, 7) is 1.92. The van der Waals surface area contributed by atoms with E-state index in [1.807, 2.05) is 19.1 Å². The molecule has 3 N–H and O–H groups in total. The minimum atomic E-state index is -1.04. The van der Waals surface area contributed by atoms with Crippen molar-refractivity contribution in [3.8, 4) is 0 Å². The lowest BCUT2D eigenvalue weighted by atomic mass is 10.2. The van der Waals surface area contributed by atoms with Gasteiger partial charge < -0.3 is 15.7 Å². The molecule has 0 aliphatic carbocycles. The smallest absolute Gasteiger partial charge is 0.335 e. The largest absolute Gasteiger partial charge is 0.478 e. The molecule has 0 radical (unpaired) electrons. The molecule has 2 aromatic rings. The van der Waals surface area contributed by atoms with Gasteiger partial charge in [-0.25, -0.2) is 9.59 Å². The number of carboxylic acids is 1. The second kappa shape index (κ2) is 6.41. The van der Waals surface area contributed by atoms with Gasteiger partial charge in [-0.05, 0) is 52.7 Å². The van der Waals surface area contributed by atoms with Crippen LogP contribution in [0.3, 0.4) is 0 Å². The van der Waals surface area contributed by atoms with Crippen molar-refractivity contribution in [1.82, 2.24) is 0 Å². The van der Waals surface area contributed by atoms with Crippen molar-refractivity contribution in [3.05, 3.63) is 58.1 Å². The monoisotopic (exact) mass is 348 g/mol. The maximum atomic E-state index is 11.9. The van der Waals surface area contributed by atoms with Gasteiger partial charge in [0, 0.05) is 10.2 Å². The van der Waals surface area contributed by atoms with E-state index in [2.05, 4.69) is 26.6 Å². The number of urea groups is 1. The number of benzene rings is 2. The van der Waals surface area contributed by atoms with Crippen LogP contribution < -0.4 is 10.6 Å². The number of carbonyl (C=O) groups excluding carboxylic acids is 1. The van der Waals surface area contributed by atoms with Gasteiger partial charge in [-0.1, -0.05) is 18.2 Å². The van der Waals surface area contributed by atoms with E-state index in [0.717, 1.165) is 10.0 Å². The van der Waals surface area contributed by atoms with Crippen LogP contribution in [0.5, 0.6) is 0 Å². The van der Waals surface area contributed by atoms with Crippen molar-refractivity contribution in [1.29, 1.82) is 0 Å². The van der Waals surface area contributed by atoms with E-state index < -0.39 is 12.0 Å². The number of halogens is 1. The summed E-state index contributed by atoms with van der Waals surface area (Å²) in [5.41, 5.74) is 2.17. The fourth-order valence-corrected chi connectivity index (χ4v) is 2.12. The van der Waals surface area contributed by atoms with Gasteiger partial charge in [0.1, 0.15) is 0 Å². The minimum absolute atomic E-state index is 0.115. The van der Waals surface area contributed by atoms with Crippen LogP contribution >= 0.6 is 15.9 Å². The van der Waals surface area contributed by atoms with E-state index in [9.17, 15) is 9.59 Å². The molecule has 0 aliphatic heterocycles. The van der Waals surface area contributed by atoms with Crippen molar-refractivity contribution in [2.75, 3.05) is 10.6 Å². The molecule has 0 heterocycles. The Morgan fingerprint density at radius 1 is 1.10 bits per heavy atom. The first kappa shape index (κ1) is 15.1. The van der Waals surface area contributed by atoms with E-state index in [4.69, 9.17) is 5.11 Å². The maximum absolute atomic E-state index is 11.9. The van der Waals surface area contributed by atoms with Gasteiger partial charge in [-0.15, -0.1) is 0 Å². The number of rotatable bonds is 3. The third kappa shape index (κ3) is 3.82. The second-order valence-electron chi connectivity index (χ2n) is 4.40. The van der Waals surface area contributed by atoms with E-state index in [-0.39, 0.29) is 5.56 Å². The summed E-state index contributed by atoms with van der Waals surface area (Å²) in [7, 11) is 0. The summed E-state index contributed by atoms with van der Waals surface area (Å²) >= 11 is 3.40. The first-order valence-electron chi connectivity index (χ1n) is 6.14. The highest BCUT2D eigenvalue weighted by Crippen LogP contribution is 2.25. The Bertz CT molecular complexity index is 701. The zero-order valence-electron chi connectivity index (χ0n) is 11.2. The molecule has 6 heteroatoms. The number of aryl methyl sites for hydroxylation is 1. The van der Waals surface area contributed by atoms with Crippen LogP contribution in [0.15, 0.2) is 46.9 Å². The Labute approximate surface area is 130 Å². The van der Waals surface area contributed by atoms with Crippen LogP contribution in [-0.2, 0) is 0 Å². The fraction of sp³-hybridized carbons (Fsp3) is 0.0667. The number of amides is 2. The number of aromatic carboxylic acids is 1. The van der Waals surface area contributed by atoms with Crippen LogP contribution in [0.2, 0.25) is 0 Å². The molecule has 0 bridgehead atoms. The molecule has 2 aromatic carbocycles. The van der Waals surface area contributed by atoms with E-state index >= 15 is 0 Å².